The molecule has 0 N–H and O–H groups in total. The van der Waals surface area contributed by atoms with Crippen LogP contribution in [0.3, 0.4) is 0 Å². The summed E-state index contributed by atoms with van der Waals surface area (Å²) < 4.78 is 0. The first kappa shape index (κ1) is 14.1. The standard InChI is InChI=1S/C15H16N2O3/c1-3-6-16(10-12-4-5-12)15(18)13-7-11(2)8-14(9-13)17(19)20/h1,7-9,12H,4-6,10H2,2H3. The molecule has 0 bridgehead atoms. The van der Waals surface area contributed by atoms with Gasteiger partial charge in [0.15, 0.2) is 0 Å². The number of nitro benzene ring substituents is 1. The Bertz CT molecular complexity index is 585. The number of carbonyl (C=O) groups is 1. The summed E-state index contributed by atoms with van der Waals surface area (Å²) in [4.78, 5) is 24.4. The summed E-state index contributed by atoms with van der Waals surface area (Å²) in [5.74, 6) is 2.76. The van der Waals surface area contributed by atoms with E-state index in [9.17, 15) is 14.9 Å². The molecular formula is C15H16N2O3. The minimum Gasteiger partial charge on any atom is -0.327 e. The van der Waals surface area contributed by atoms with E-state index in [1.54, 1.807) is 17.9 Å². The number of nitro groups is 1. The van der Waals surface area contributed by atoms with Gasteiger partial charge in [0.25, 0.3) is 11.6 Å². The summed E-state index contributed by atoms with van der Waals surface area (Å²) in [6.45, 7) is 2.60. The number of aryl methyl sites for hydroxylation is 1. The van der Waals surface area contributed by atoms with Crippen LogP contribution in [-0.4, -0.2) is 28.8 Å². The predicted molar refractivity (Wildman–Crippen MR) is 75.3 cm³/mol. The van der Waals surface area contributed by atoms with Crippen LogP contribution in [0.2, 0.25) is 0 Å². The Kier molecular flexibility index (Phi) is 4.04. The number of non-ortho nitro benzene ring substituents is 1. The maximum Gasteiger partial charge on any atom is 0.270 e. The van der Waals surface area contributed by atoms with Gasteiger partial charge in [-0.2, -0.15) is 0 Å². The topological polar surface area (TPSA) is 63.5 Å². The van der Waals surface area contributed by atoms with Crippen LogP contribution in [0.4, 0.5) is 5.69 Å². The van der Waals surface area contributed by atoms with Gasteiger partial charge in [0.2, 0.25) is 0 Å². The third-order valence-corrected chi connectivity index (χ3v) is 3.26. The van der Waals surface area contributed by atoms with Gasteiger partial charge in [-0.15, -0.1) is 6.42 Å². The molecule has 1 aliphatic carbocycles. The molecule has 5 heteroatoms. The lowest BCUT2D eigenvalue weighted by molar-refractivity contribution is -0.384. The number of carbonyl (C=O) groups excluding carboxylic acids is 1. The van der Waals surface area contributed by atoms with Gasteiger partial charge in [-0.1, -0.05) is 5.92 Å². The lowest BCUT2D eigenvalue weighted by Gasteiger charge is -2.20. The van der Waals surface area contributed by atoms with Gasteiger partial charge >= 0.3 is 0 Å². The van der Waals surface area contributed by atoms with Gasteiger partial charge in [0.05, 0.1) is 11.5 Å². The highest BCUT2D eigenvalue weighted by atomic mass is 16.6. The monoisotopic (exact) mass is 272 g/mol. The smallest absolute Gasteiger partial charge is 0.270 e. The maximum atomic E-state index is 12.4. The molecule has 0 saturated heterocycles. The average Bonchev–Trinajstić information content (AvgIpc) is 3.20. The highest BCUT2D eigenvalue weighted by molar-refractivity contribution is 5.95. The van der Waals surface area contributed by atoms with E-state index in [1.165, 1.54) is 12.1 Å². The zero-order chi connectivity index (χ0) is 14.7. The van der Waals surface area contributed by atoms with Crippen LogP contribution >= 0.6 is 0 Å². The highest BCUT2D eigenvalue weighted by Crippen LogP contribution is 2.30. The first-order chi connectivity index (χ1) is 9.51. The highest BCUT2D eigenvalue weighted by Gasteiger charge is 2.27. The molecule has 1 aliphatic rings. The number of terminal acetylenes is 1. The molecule has 5 nitrogen and oxygen atoms in total. The van der Waals surface area contributed by atoms with E-state index in [4.69, 9.17) is 6.42 Å². The van der Waals surface area contributed by atoms with Crippen LogP contribution in [0.15, 0.2) is 18.2 Å². The molecule has 0 atom stereocenters. The molecule has 2 rings (SSSR count). The van der Waals surface area contributed by atoms with Crippen molar-refractivity contribution in [3.63, 3.8) is 0 Å². The fraction of sp³-hybridized carbons (Fsp3) is 0.400. The van der Waals surface area contributed by atoms with Crippen LogP contribution in [0.5, 0.6) is 0 Å². The van der Waals surface area contributed by atoms with Crippen molar-refractivity contribution in [1.82, 2.24) is 4.90 Å². The molecule has 0 radical (unpaired) electrons. The third-order valence-electron chi connectivity index (χ3n) is 3.26. The Balaban J connectivity index is 2.25. The van der Waals surface area contributed by atoms with Crippen molar-refractivity contribution in [2.75, 3.05) is 13.1 Å². The van der Waals surface area contributed by atoms with Crippen molar-refractivity contribution in [2.45, 2.75) is 19.8 Å². The molecule has 1 aromatic carbocycles. The molecule has 104 valence electrons. The lowest BCUT2D eigenvalue weighted by Crippen LogP contribution is -2.33. The average molecular weight is 272 g/mol. The molecule has 1 aromatic rings. The molecule has 1 fully saturated rings. The zero-order valence-corrected chi connectivity index (χ0v) is 11.3. The Hall–Kier alpha value is -2.35. The van der Waals surface area contributed by atoms with Gasteiger partial charge in [0.1, 0.15) is 0 Å². The second kappa shape index (κ2) is 5.74. The van der Waals surface area contributed by atoms with Gasteiger partial charge in [-0.05, 0) is 37.3 Å². The van der Waals surface area contributed by atoms with Crippen molar-refractivity contribution in [3.05, 3.63) is 39.4 Å². The van der Waals surface area contributed by atoms with Gasteiger partial charge < -0.3 is 4.90 Å². The van der Waals surface area contributed by atoms with Crippen molar-refractivity contribution in [2.24, 2.45) is 5.92 Å². The molecule has 0 spiro atoms. The molecular weight excluding hydrogens is 256 g/mol. The summed E-state index contributed by atoms with van der Waals surface area (Å²) in [7, 11) is 0. The van der Waals surface area contributed by atoms with Crippen molar-refractivity contribution < 1.29 is 9.72 Å². The quantitative estimate of drug-likeness (QED) is 0.469. The second-order valence-electron chi connectivity index (χ2n) is 5.15. The van der Waals surface area contributed by atoms with Crippen LogP contribution in [0.1, 0.15) is 28.8 Å². The van der Waals surface area contributed by atoms with Crippen molar-refractivity contribution in [1.29, 1.82) is 0 Å². The zero-order valence-electron chi connectivity index (χ0n) is 11.3. The summed E-state index contributed by atoms with van der Waals surface area (Å²) in [5, 5.41) is 10.9. The number of benzene rings is 1. The first-order valence-electron chi connectivity index (χ1n) is 6.50. The predicted octanol–water partition coefficient (Wildman–Crippen LogP) is 2.39. The van der Waals surface area contributed by atoms with E-state index in [1.807, 2.05) is 0 Å². The third kappa shape index (κ3) is 3.35. The molecule has 0 aromatic heterocycles. The van der Waals surface area contributed by atoms with Crippen LogP contribution in [0, 0.1) is 35.3 Å². The Morgan fingerprint density at radius 3 is 2.75 bits per heavy atom. The van der Waals surface area contributed by atoms with E-state index >= 15 is 0 Å². The normalized spacial score (nSPS) is 13.6. The molecule has 1 amide bonds. The summed E-state index contributed by atoms with van der Waals surface area (Å²) >= 11 is 0. The van der Waals surface area contributed by atoms with E-state index in [-0.39, 0.29) is 18.1 Å². The lowest BCUT2D eigenvalue weighted by atomic mass is 10.1. The van der Waals surface area contributed by atoms with Crippen LogP contribution in [-0.2, 0) is 0 Å². The second-order valence-corrected chi connectivity index (χ2v) is 5.15. The maximum absolute atomic E-state index is 12.4. The molecule has 0 unspecified atom stereocenters. The van der Waals surface area contributed by atoms with Crippen molar-refractivity contribution >= 4 is 11.6 Å². The van der Waals surface area contributed by atoms with E-state index in [2.05, 4.69) is 5.92 Å². The molecule has 0 aliphatic heterocycles. The van der Waals surface area contributed by atoms with Crippen LogP contribution in [0.25, 0.3) is 0 Å². The first-order valence-corrected chi connectivity index (χ1v) is 6.50. The summed E-state index contributed by atoms with van der Waals surface area (Å²) in [6.07, 6.45) is 7.52. The van der Waals surface area contributed by atoms with E-state index in [0.717, 1.165) is 12.8 Å². The number of hydrogen-bond acceptors (Lipinski definition) is 3. The Labute approximate surface area is 117 Å². The number of amides is 1. The fourth-order valence-electron chi connectivity index (χ4n) is 2.12. The molecule has 0 heterocycles. The van der Waals surface area contributed by atoms with Crippen LogP contribution < -0.4 is 0 Å². The SMILES string of the molecule is C#CCN(CC1CC1)C(=O)c1cc(C)cc([N+](=O)[O-])c1. The van der Waals surface area contributed by atoms with E-state index in [0.29, 0.717) is 23.6 Å². The molecule has 1 saturated carbocycles. The number of rotatable bonds is 5. The molecule has 20 heavy (non-hydrogen) atoms. The van der Waals surface area contributed by atoms with Gasteiger partial charge in [-0.25, -0.2) is 0 Å². The number of nitrogens with zero attached hydrogens (tertiary/aromatic N) is 2. The Morgan fingerprint density at radius 2 is 2.20 bits per heavy atom. The summed E-state index contributed by atoms with van der Waals surface area (Å²) in [5.41, 5.74) is 0.947. The minimum absolute atomic E-state index is 0.0690. The van der Waals surface area contributed by atoms with E-state index < -0.39 is 4.92 Å². The number of hydrogen-bond donors (Lipinski definition) is 0. The fourth-order valence-corrected chi connectivity index (χ4v) is 2.12. The summed E-state index contributed by atoms with van der Waals surface area (Å²) in [6, 6.07) is 4.42. The largest absolute Gasteiger partial charge is 0.327 e. The van der Waals surface area contributed by atoms with Gasteiger partial charge in [0, 0.05) is 24.2 Å². The minimum atomic E-state index is -0.490. The Morgan fingerprint density at radius 1 is 1.50 bits per heavy atom. The van der Waals surface area contributed by atoms with Gasteiger partial charge in [-0.3, -0.25) is 14.9 Å². The van der Waals surface area contributed by atoms with Crippen molar-refractivity contribution in [3.8, 4) is 12.3 Å².